The minimum atomic E-state index is -0.665. The first kappa shape index (κ1) is 27.7. The number of ether oxygens (including phenoxy) is 2. The van der Waals surface area contributed by atoms with Gasteiger partial charge in [-0.2, -0.15) is 5.10 Å². The number of aliphatic hydroxyl groups excluding tert-OH is 1. The van der Waals surface area contributed by atoms with E-state index in [9.17, 15) is 14.7 Å². The number of H-pyrrole nitrogens is 1. The zero-order valence-corrected chi connectivity index (χ0v) is 23.2. The molecule has 4 N–H and O–H groups in total. The molecule has 1 saturated heterocycles. The van der Waals surface area contributed by atoms with Crippen LogP contribution in [0.1, 0.15) is 31.2 Å². The van der Waals surface area contributed by atoms with E-state index in [-0.39, 0.29) is 31.1 Å². The zero-order valence-electron chi connectivity index (χ0n) is 23.2. The highest BCUT2D eigenvalue weighted by atomic mass is 16.5. The van der Waals surface area contributed by atoms with E-state index >= 15 is 0 Å². The monoisotopic (exact) mass is 570 g/mol. The lowest BCUT2D eigenvalue weighted by molar-refractivity contribution is -0.134. The molecule has 2 aromatic carbocycles. The normalized spacial score (nSPS) is 16.7. The molecule has 218 valence electrons. The molecule has 1 atom stereocenters. The fourth-order valence-corrected chi connectivity index (χ4v) is 5.42. The summed E-state index contributed by atoms with van der Waals surface area (Å²) in [6, 6.07) is 17.7. The summed E-state index contributed by atoms with van der Waals surface area (Å²) in [5, 5.41) is 20.2. The van der Waals surface area contributed by atoms with Gasteiger partial charge in [-0.1, -0.05) is 24.3 Å². The number of hydrogen-bond donors (Lipinski definition) is 4. The van der Waals surface area contributed by atoms with E-state index in [4.69, 9.17) is 9.47 Å². The molecule has 0 saturated carbocycles. The highest BCUT2D eigenvalue weighted by molar-refractivity contribution is 6.10. The number of carbonyl (C=O) groups is 2. The third-order valence-corrected chi connectivity index (χ3v) is 7.73. The van der Waals surface area contributed by atoms with Crippen LogP contribution in [0.5, 0.6) is 11.6 Å². The van der Waals surface area contributed by atoms with Crippen LogP contribution in [0.3, 0.4) is 0 Å². The van der Waals surface area contributed by atoms with E-state index in [0.717, 1.165) is 51.7 Å². The van der Waals surface area contributed by atoms with Crippen LogP contribution in [0, 0.1) is 0 Å². The molecule has 1 fully saturated rings. The molecule has 0 bridgehead atoms. The van der Waals surface area contributed by atoms with E-state index in [1.165, 1.54) is 0 Å². The number of aromatic nitrogens is 2. The SMILES string of the molecule is O=C1CCC(c2ccc(OCC(=O)N3CCC(NCC(O)COc4cccc5[nH]c6ccccc6c45)CC3)nc2)=NN1. The standard InChI is InChI=1S/C31H34N6O5/c38-22(18-41-27-7-3-6-26-31(27)23-4-1-2-5-25(23)34-26)17-32-21-12-14-37(15-13-21)30(40)19-42-29-11-8-20(16-33-29)24-9-10-28(39)36-35-24/h1-8,11,16,21-22,32,34,38H,9-10,12-15,17-19H2,(H,36,39). The molecule has 2 aliphatic heterocycles. The fourth-order valence-electron chi connectivity index (χ4n) is 5.42. The highest BCUT2D eigenvalue weighted by Gasteiger charge is 2.24. The first-order chi connectivity index (χ1) is 20.5. The van der Waals surface area contributed by atoms with Gasteiger partial charge < -0.3 is 29.8 Å². The Balaban J connectivity index is 0.911. The minimum Gasteiger partial charge on any atom is -0.490 e. The lowest BCUT2D eigenvalue weighted by atomic mass is 10.0. The molecule has 11 nitrogen and oxygen atoms in total. The number of pyridine rings is 1. The van der Waals surface area contributed by atoms with E-state index in [1.807, 2.05) is 42.5 Å². The summed E-state index contributed by atoms with van der Waals surface area (Å²) in [7, 11) is 0. The molecular weight excluding hydrogens is 536 g/mol. The Morgan fingerprint density at radius 1 is 1.05 bits per heavy atom. The highest BCUT2D eigenvalue weighted by Crippen LogP contribution is 2.33. The summed E-state index contributed by atoms with van der Waals surface area (Å²) in [6.45, 7) is 1.74. The molecular formula is C31H34N6O5. The molecule has 4 aromatic rings. The number of para-hydroxylation sites is 1. The van der Waals surface area contributed by atoms with Crippen molar-refractivity contribution in [3.8, 4) is 11.6 Å². The van der Waals surface area contributed by atoms with Gasteiger partial charge in [0.2, 0.25) is 11.8 Å². The molecule has 6 rings (SSSR count). The predicted octanol–water partition coefficient (Wildman–Crippen LogP) is 2.73. The molecule has 2 aromatic heterocycles. The van der Waals surface area contributed by atoms with E-state index in [2.05, 4.69) is 31.9 Å². The van der Waals surface area contributed by atoms with Crippen molar-refractivity contribution in [2.45, 2.75) is 37.8 Å². The largest absolute Gasteiger partial charge is 0.490 e. The molecule has 1 unspecified atom stereocenters. The Morgan fingerprint density at radius 3 is 2.67 bits per heavy atom. The Hall–Kier alpha value is -4.48. The van der Waals surface area contributed by atoms with Crippen LogP contribution in [-0.2, 0) is 9.59 Å². The van der Waals surface area contributed by atoms with Crippen LogP contribution in [0.15, 0.2) is 65.9 Å². The van der Waals surface area contributed by atoms with Crippen LogP contribution >= 0.6 is 0 Å². The number of hydrogen-bond acceptors (Lipinski definition) is 8. The number of nitrogens with one attached hydrogen (secondary N) is 3. The van der Waals surface area contributed by atoms with Gasteiger partial charge in [0.25, 0.3) is 5.91 Å². The quantitative estimate of drug-likeness (QED) is 0.230. The van der Waals surface area contributed by atoms with E-state index in [0.29, 0.717) is 38.4 Å². The first-order valence-electron chi connectivity index (χ1n) is 14.3. The molecule has 11 heteroatoms. The van der Waals surface area contributed by atoms with Crippen LogP contribution < -0.4 is 20.2 Å². The Labute approximate surface area is 242 Å². The molecule has 4 heterocycles. The topological polar surface area (TPSA) is 141 Å². The summed E-state index contributed by atoms with van der Waals surface area (Å²) in [5.41, 5.74) is 6.11. The molecule has 42 heavy (non-hydrogen) atoms. The maximum absolute atomic E-state index is 12.7. The number of aliphatic hydroxyl groups is 1. The number of nitrogens with zero attached hydrogens (tertiary/aromatic N) is 3. The lowest BCUT2D eigenvalue weighted by Gasteiger charge is -2.32. The van der Waals surface area contributed by atoms with E-state index < -0.39 is 6.10 Å². The number of hydrazone groups is 1. The van der Waals surface area contributed by atoms with Gasteiger partial charge in [0, 0.05) is 72.6 Å². The number of piperidine rings is 1. The molecule has 2 amide bonds. The van der Waals surface area contributed by atoms with Crippen molar-refractivity contribution >= 4 is 39.3 Å². The van der Waals surface area contributed by atoms with Crippen molar-refractivity contribution < 1.29 is 24.2 Å². The zero-order chi connectivity index (χ0) is 28.9. The minimum absolute atomic E-state index is 0.0827. The second-order valence-electron chi connectivity index (χ2n) is 10.6. The second kappa shape index (κ2) is 12.6. The average Bonchev–Trinajstić information content (AvgIpc) is 3.42. The number of likely N-dealkylation sites (tertiary alicyclic amines) is 1. The summed E-state index contributed by atoms with van der Waals surface area (Å²) in [6.07, 6.45) is 3.51. The number of benzene rings is 2. The summed E-state index contributed by atoms with van der Waals surface area (Å²) < 4.78 is 11.7. The van der Waals surface area contributed by atoms with Crippen molar-refractivity contribution in [2.75, 3.05) is 32.8 Å². The van der Waals surface area contributed by atoms with Crippen LogP contribution in [0.4, 0.5) is 0 Å². The molecule has 0 spiro atoms. The third-order valence-electron chi connectivity index (χ3n) is 7.73. The van der Waals surface area contributed by atoms with Gasteiger partial charge in [0.05, 0.1) is 11.2 Å². The summed E-state index contributed by atoms with van der Waals surface area (Å²) in [4.78, 5) is 33.4. The number of aromatic amines is 1. The van der Waals surface area contributed by atoms with Gasteiger partial charge in [-0.3, -0.25) is 9.59 Å². The van der Waals surface area contributed by atoms with Crippen molar-refractivity contribution in [1.82, 2.24) is 25.6 Å². The van der Waals surface area contributed by atoms with Crippen LogP contribution in [0.25, 0.3) is 21.8 Å². The summed E-state index contributed by atoms with van der Waals surface area (Å²) >= 11 is 0. The van der Waals surface area contributed by atoms with Crippen LogP contribution in [0.2, 0.25) is 0 Å². The number of carbonyl (C=O) groups excluding carboxylic acids is 2. The van der Waals surface area contributed by atoms with Gasteiger partial charge in [-0.05, 0) is 37.1 Å². The van der Waals surface area contributed by atoms with E-state index in [1.54, 1.807) is 17.2 Å². The smallest absolute Gasteiger partial charge is 0.260 e. The number of rotatable bonds is 10. The second-order valence-corrected chi connectivity index (χ2v) is 10.6. The Bertz CT molecular complexity index is 1590. The maximum atomic E-state index is 12.7. The Morgan fingerprint density at radius 2 is 1.88 bits per heavy atom. The molecule has 0 radical (unpaired) electrons. The van der Waals surface area contributed by atoms with Crippen molar-refractivity contribution in [3.05, 3.63) is 66.4 Å². The van der Waals surface area contributed by atoms with Gasteiger partial charge >= 0.3 is 0 Å². The third kappa shape index (κ3) is 6.37. The van der Waals surface area contributed by atoms with Crippen molar-refractivity contribution in [2.24, 2.45) is 5.10 Å². The van der Waals surface area contributed by atoms with Gasteiger partial charge in [-0.15, -0.1) is 0 Å². The average molecular weight is 571 g/mol. The van der Waals surface area contributed by atoms with Gasteiger partial charge in [0.1, 0.15) is 18.5 Å². The van der Waals surface area contributed by atoms with Gasteiger partial charge in [0.15, 0.2) is 6.61 Å². The fraction of sp³-hybridized carbons (Fsp3) is 0.355. The molecule has 0 aliphatic carbocycles. The number of amides is 2. The summed E-state index contributed by atoms with van der Waals surface area (Å²) in [5.74, 6) is 0.932. The first-order valence-corrected chi connectivity index (χ1v) is 14.3. The number of fused-ring (bicyclic) bond motifs is 3. The maximum Gasteiger partial charge on any atom is 0.260 e. The predicted molar refractivity (Wildman–Crippen MR) is 159 cm³/mol. The van der Waals surface area contributed by atoms with Crippen molar-refractivity contribution in [3.63, 3.8) is 0 Å². The lowest BCUT2D eigenvalue weighted by Crippen LogP contribution is -2.48. The molecule has 2 aliphatic rings. The van der Waals surface area contributed by atoms with Gasteiger partial charge in [-0.25, -0.2) is 10.4 Å². The van der Waals surface area contributed by atoms with Crippen molar-refractivity contribution in [1.29, 1.82) is 0 Å². The van der Waals surface area contributed by atoms with Crippen LogP contribution in [-0.4, -0.2) is 82.5 Å². The Kier molecular flexibility index (Phi) is 8.29.